The fraction of sp³-hybridized carbons (Fsp3) is 0.517. The van der Waals surface area contributed by atoms with Gasteiger partial charge in [0.25, 0.3) is 0 Å². The van der Waals surface area contributed by atoms with Gasteiger partial charge in [-0.05, 0) is 25.7 Å². The Labute approximate surface area is 262 Å². The molecule has 3 rings (SSSR count). The average molecular weight is 655 g/mol. The minimum absolute atomic E-state index is 0.0499. The van der Waals surface area contributed by atoms with Crippen LogP contribution in [0.5, 0.6) is 5.75 Å². The summed E-state index contributed by atoms with van der Waals surface area (Å²) in [4.78, 5) is 74.6. The van der Waals surface area contributed by atoms with Crippen molar-refractivity contribution in [1.82, 2.24) is 10.2 Å². The maximum atomic E-state index is 12.5. The zero-order valence-electron chi connectivity index (χ0n) is 25.5. The molecule has 15 nitrogen and oxygen atoms in total. The normalized spacial score (nSPS) is 21.3. The van der Waals surface area contributed by atoms with Gasteiger partial charge in [0, 0.05) is 58.3 Å². The molecule has 16 heteroatoms. The van der Waals surface area contributed by atoms with E-state index in [2.05, 4.69) is 5.32 Å². The first-order valence-corrected chi connectivity index (χ1v) is 14.1. The highest BCUT2D eigenvalue weighted by Crippen LogP contribution is 2.50. The average Bonchev–Trinajstić information content (AvgIpc) is 2.90. The third-order valence-corrected chi connectivity index (χ3v) is 7.14. The Morgan fingerprint density at radius 3 is 2.27 bits per heavy atom. The molecule has 1 saturated carbocycles. The van der Waals surface area contributed by atoms with Crippen molar-refractivity contribution in [2.24, 2.45) is 5.92 Å². The van der Waals surface area contributed by atoms with Crippen LogP contribution in [0.1, 0.15) is 33.3 Å². The van der Waals surface area contributed by atoms with E-state index in [1.807, 2.05) is 19.0 Å². The molecule has 0 bridgehead atoms. The maximum Gasteiger partial charge on any atom is 0.336 e. The van der Waals surface area contributed by atoms with E-state index in [9.17, 15) is 33.9 Å². The lowest BCUT2D eigenvalue weighted by atomic mass is 9.63. The Balaban J connectivity index is 2.02. The second-order valence-electron chi connectivity index (χ2n) is 10.6. The van der Waals surface area contributed by atoms with Gasteiger partial charge >= 0.3 is 29.5 Å². The smallest absolute Gasteiger partial charge is 0.336 e. The molecule has 5 unspecified atom stereocenters. The zero-order valence-corrected chi connectivity index (χ0v) is 26.3. The number of rotatable bonds is 13. The number of nitrogens with zero attached hydrogens (tertiary/aromatic N) is 1. The molecule has 246 valence electrons. The van der Waals surface area contributed by atoms with Gasteiger partial charge in [0.15, 0.2) is 12.2 Å². The lowest BCUT2D eigenvalue weighted by molar-refractivity contribution is -0.338. The van der Waals surface area contributed by atoms with Crippen LogP contribution in [0.15, 0.2) is 27.4 Å². The predicted octanol–water partition coefficient (Wildman–Crippen LogP) is 0.722. The number of hydrogen-bond acceptors (Lipinski definition) is 14. The first-order chi connectivity index (χ1) is 21.0. The maximum absolute atomic E-state index is 12.5. The van der Waals surface area contributed by atoms with E-state index in [1.54, 1.807) is 0 Å². The van der Waals surface area contributed by atoms with Gasteiger partial charge in [-0.3, -0.25) is 24.0 Å². The summed E-state index contributed by atoms with van der Waals surface area (Å²) >= 11 is 6.49. The van der Waals surface area contributed by atoms with Gasteiger partial charge in [-0.15, -0.1) is 0 Å². The van der Waals surface area contributed by atoms with E-state index in [0.717, 1.165) is 33.8 Å². The van der Waals surface area contributed by atoms with Gasteiger partial charge in [-0.25, -0.2) is 4.79 Å². The van der Waals surface area contributed by atoms with Crippen LogP contribution in [0.2, 0.25) is 5.02 Å². The number of nitrogens with one attached hydrogen (secondary N) is 1. The van der Waals surface area contributed by atoms with Crippen molar-refractivity contribution in [2.75, 3.05) is 33.8 Å². The number of hydrogen-bond donors (Lipinski definition) is 2. The number of halogens is 1. The lowest BCUT2D eigenvalue weighted by Crippen LogP contribution is -2.79. The molecule has 5 atom stereocenters. The van der Waals surface area contributed by atoms with E-state index >= 15 is 0 Å². The lowest BCUT2D eigenvalue weighted by Gasteiger charge is -2.57. The summed E-state index contributed by atoms with van der Waals surface area (Å²) in [6.45, 7) is 4.69. The highest BCUT2D eigenvalue weighted by molar-refractivity contribution is 6.32. The van der Waals surface area contributed by atoms with Crippen molar-refractivity contribution in [3.8, 4) is 5.75 Å². The van der Waals surface area contributed by atoms with Crippen LogP contribution in [-0.4, -0.2) is 97.7 Å². The summed E-state index contributed by atoms with van der Waals surface area (Å²) in [6.07, 6.45) is -5.26. The highest BCUT2D eigenvalue weighted by Gasteiger charge is 2.74. The Morgan fingerprint density at radius 1 is 1.02 bits per heavy atom. The van der Waals surface area contributed by atoms with E-state index in [0.29, 0.717) is 24.0 Å². The van der Waals surface area contributed by atoms with Crippen LogP contribution in [0, 0.1) is 5.92 Å². The summed E-state index contributed by atoms with van der Waals surface area (Å²) in [5, 5.41) is 14.4. The Kier molecular flexibility index (Phi) is 11.5. The SMILES string of the molecule is CC(=O)OCC1C(OC(C)=O)C(OC(C)=O)C1(OC(C)=O)C(O)Oc1cc2oc(=O)cc(CC(=O)NCCN(C)C)c2cc1Cl. The molecule has 1 amide bonds. The Morgan fingerprint density at radius 2 is 1.69 bits per heavy atom. The molecule has 0 aliphatic heterocycles. The van der Waals surface area contributed by atoms with Crippen LogP contribution in [0.3, 0.4) is 0 Å². The largest absolute Gasteiger partial charge is 0.465 e. The molecular weight excluding hydrogens is 620 g/mol. The number of carbonyl (C=O) groups excluding carboxylic acids is 5. The van der Waals surface area contributed by atoms with Crippen LogP contribution in [0.25, 0.3) is 11.0 Å². The van der Waals surface area contributed by atoms with Crippen LogP contribution in [0.4, 0.5) is 0 Å². The number of benzene rings is 1. The van der Waals surface area contributed by atoms with Gasteiger partial charge in [-0.1, -0.05) is 11.6 Å². The molecule has 0 spiro atoms. The summed E-state index contributed by atoms with van der Waals surface area (Å²) < 4.78 is 32.2. The van der Waals surface area contributed by atoms with Crippen LogP contribution >= 0.6 is 11.6 Å². The molecule has 1 aromatic heterocycles. The first kappa shape index (κ1) is 35.3. The van der Waals surface area contributed by atoms with Crippen molar-refractivity contribution in [1.29, 1.82) is 0 Å². The number of aliphatic hydroxyl groups is 1. The first-order valence-electron chi connectivity index (χ1n) is 13.7. The fourth-order valence-corrected chi connectivity index (χ4v) is 5.22. The quantitative estimate of drug-likeness (QED) is 0.133. The molecule has 45 heavy (non-hydrogen) atoms. The molecular formula is C29H35ClN2O13. The summed E-state index contributed by atoms with van der Waals surface area (Å²) in [5.74, 6) is -5.25. The van der Waals surface area contributed by atoms with Crippen molar-refractivity contribution in [3.05, 3.63) is 39.2 Å². The predicted molar refractivity (Wildman–Crippen MR) is 155 cm³/mol. The Hall–Kier alpha value is -4.21. The third kappa shape index (κ3) is 8.49. The van der Waals surface area contributed by atoms with E-state index in [-0.39, 0.29) is 28.7 Å². The number of carbonyl (C=O) groups is 5. The molecule has 2 aromatic rings. The number of aliphatic hydroxyl groups excluding tert-OH is 1. The minimum atomic E-state index is -2.27. The fourth-order valence-electron chi connectivity index (χ4n) is 5.01. The van der Waals surface area contributed by atoms with Gasteiger partial charge in [-0.2, -0.15) is 0 Å². The van der Waals surface area contributed by atoms with Gasteiger partial charge in [0.1, 0.15) is 17.9 Å². The van der Waals surface area contributed by atoms with E-state index in [4.69, 9.17) is 39.7 Å². The number of likely N-dealkylation sites (N-methyl/N-ethyl adjacent to an activating group) is 1. The molecule has 1 fully saturated rings. The van der Waals surface area contributed by atoms with E-state index < -0.39 is 66.1 Å². The summed E-state index contributed by atoms with van der Waals surface area (Å²) in [5.41, 5.74) is -2.78. The number of ether oxygens (including phenoxy) is 5. The van der Waals surface area contributed by atoms with Gasteiger partial charge in [0.2, 0.25) is 17.8 Å². The number of fused-ring (bicyclic) bond motifs is 1. The second kappa shape index (κ2) is 14.7. The van der Waals surface area contributed by atoms with Crippen LogP contribution < -0.4 is 15.7 Å². The molecule has 2 N–H and O–H groups in total. The van der Waals surface area contributed by atoms with Gasteiger partial charge in [0.05, 0.1) is 17.4 Å². The van der Waals surface area contributed by atoms with Crippen molar-refractivity contribution in [2.45, 2.75) is 58.2 Å². The molecule has 1 aliphatic carbocycles. The molecule has 0 saturated heterocycles. The molecule has 0 radical (unpaired) electrons. The van der Waals surface area contributed by atoms with Crippen molar-refractivity contribution >= 4 is 52.4 Å². The van der Waals surface area contributed by atoms with Crippen molar-refractivity contribution < 1.29 is 57.2 Å². The third-order valence-electron chi connectivity index (χ3n) is 6.84. The molecule has 1 heterocycles. The standard InChI is InChI=1S/C29H35ClN2O13/c1-14(33)40-13-20-26(41-15(2)34)27(42-16(3)35)29(20,45-17(4)36)28(39)44-23-12-22-19(11-21(23)30)18(10-25(38)43-22)9-24(37)31-7-8-32(5)6/h10-12,20,26-28,39H,7-9,13H2,1-6H3,(H,31,37). The molecule has 1 aromatic carbocycles. The van der Waals surface area contributed by atoms with E-state index in [1.165, 1.54) is 12.1 Å². The van der Waals surface area contributed by atoms with Gasteiger partial charge < -0.3 is 43.4 Å². The summed E-state index contributed by atoms with van der Waals surface area (Å²) in [7, 11) is 3.71. The second-order valence-corrected chi connectivity index (χ2v) is 11.0. The zero-order chi connectivity index (χ0) is 33.6. The summed E-state index contributed by atoms with van der Waals surface area (Å²) in [6, 6.07) is 3.69. The molecule has 1 aliphatic rings. The number of amides is 1. The van der Waals surface area contributed by atoms with Crippen molar-refractivity contribution in [3.63, 3.8) is 0 Å². The Bertz CT molecular complexity index is 1520. The minimum Gasteiger partial charge on any atom is -0.465 e. The highest BCUT2D eigenvalue weighted by atomic mass is 35.5. The monoisotopic (exact) mass is 654 g/mol. The topological polar surface area (TPSA) is 197 Å². The number of esters is 4. The van der Waals surface area contributed by atoms with Crippen LogP contribution in [-0.2, 0) is 49.3 Å².